The van der Waals surface area contributed by atoms with Crippen molar-refractivity contribution in [2.75, 3.05) is 0 Å². The predicted octanol–water partition coefficient (Wildman–Crippen LogP) is 2.60. The average molecular weight is 318 g/mol. The van der Waals surface area contributed by atoms with Crippen molar-refractivity contribution < 1.29 is 4.79 Å². The first-order valence-corrected chi connectivity index (χ1v) is 7.73. The molecule has 3 N–H and O–H groups in total. The number of hydrogen-bond acceptors (Lipinski definition) is 3. The molecule has 0 heterocycles. The van der Waals surface area contributed by atoms with Crippen LogP contribution in [0, 0.1) is 16.7 Å². The van der Waals surface area contributed by atoms with Gasteiger partial charge in [-0.1, -0.05) is 44.1 Å². The molecule has 118 valence electrons. The molecule has 6 heteroatoms. The predicted molar refractivity (Wildman–Crippen MR) is 91.2 cm³/mol. The van der Waals surface area contributed by atoms with E-state index in [1.54, 1.807) is 18.2 Å². The minimum absolute atomic E-state index is 0.263. The Morgan fingerprint density at radius 3 is 2.55 bits per heavy atom. The fourth-order valence-electron chi connectivity index (χ4n) is 2.32. The van der Waals surface area contributed by atoms with Crippen molar-refractivity contribution in [2.45, 2.75) is 39.0 Å². The monoisotopic (exact) mass is 318 g/mol. The van der Waals surface area contributed by atoms with Crippen LogP contribution in [0.15, 0.2) is 36.6 Å². The van der Waals surface area contributed by atoms with E-state index in [0.29, 0.717) is 12.8 Å². The number of allylic oxidation sites excluding steroid dienone is 4. The smallest absolute Gasteiger partial charge is 0.258 e. The van der Waals surface area contributed by atoms with Crippen LogP contribution in [-0.4, -0.2) is 11.0 Å². The Bertz CT molecular complexity index is 525. The van der Waals surface area contributed by atoms with Gasteiger partial charge in [-0.05, 0) is 38.1 Å². The molecule has 0 bridgehead atoms. The van der Waals surface area contributed by atoms with Crippen LogP contribution in [0.4, 0.5) is 0 Å². The quantitative estimate of drug-likeness (QED) is 0.422. The molecular formula is C16H22N4OS. The summed E-state index contributed by atoms with van der Waals surface area (Å²) in [6.45, 7) is 5.46. The van der Waals surface area contributed by atoms with Gasteiger partial charge in [0.2, 0.25) is 0 Å². The first kappa shape index (κ1) is 17.9. The summed E-state index contributed by atoms with van der Waals surface area (Å²) in [6, 6.07) is 2.17. The number of hydrogen-bond donors (Lipinski definition) is 3. The number of nitrogens with one attached hydrogen (secondary N) is 3. The summed E-state index contributed by atoms with van der Waals surface area (Å²) in [5, 5.41) is 12.5. The largest absolute Gasteiger partial charge is 0.332 e. The molecule has 0 aromatic carbocycles. The van der Waals surface area contributed by atoms with Crippen molar-refractivity contribution in [1.29, 1.82) is 5.26 Å². The van der Waals surface area contributed by atoms with Crippen molar-refractivity contribution in [2.24, 2.45) is 5.41 Å². The van der Waals surface area contributed by atoms with E-state index in [4.69, 9.17) is 12.2 Å². The standard InChI is InChI=1S/C16H22N4OS/c1-3-5-9-13(4-2)18-15(22)20-19-14(21)16(12-17)10-7-6-8-11-16/h3-5,9H,1,6-8,10-11H2,2H3,(H,19,21)(H2,18,20,22)/b9-5-,13-4+. The molecule has 0 aliphatic heterocycles. The average Bonchev–Trinajstić information content (AvgIpc) is 2.56. The van der Waals surface area contributed by atoms with Crippen LogP contribution < -0.4 is 16.2 Å². The fraction of sp³-hybridized carbons (Fsp3) is 0.438. The third kappa shape index (κ3) is 5.01. The molecule has 1 fully saturated rings. The van der Waals surface area contributed by atoms with Crippen LogP contribution in [-0.2, 0) is 4.79 Å². The molecule has 0 atom stereocenters. The van der Waals surface area contributed by atoms with Crippen LogP contribution in [0.25, 0.3) is 0 Å². The topological polar surface area (TPSA) is 76.9 Å². The van der Waals surface area contributed by atoms with Crippen molar-refractivity contribution in [3.8, 4) is 6.07 Å². The van der Waals surface area contributed by atoms with E-state index in [2.05, 4.69) is 28.8 Å². The highest BCUT2D eigenvalue weighted by molar-refractivity contribution is 7.80. The normalized spacial score (nSPS) is 17.4. The molecule has 0 aromatic heterocycles. The van der Waals surface area contributed by atoms with E-state index in [1.165, 1.54) is 0 Å². The second kappa shape index (κ2) is 9.00. The number of nitriles is 1. The Hall–Kier alpha value is -2.13. The molecular weight excluding hydrogens is 296 g/mol. The maximum atomic E-state index is 12.3. The number of rotatable bonds is 4. The molecule has 22 heavy (non-hydrogen) atoms. The van der Waals surface area contributed by atoms with Crippen LogP contribution in [0.3, 0.4) is 0 Å². The zero-order valence-electron chi connectivity index (χ0n) is 12.8. The van der Waals surface area contributed by atoms with Gasteiger partial charge in [0, 0.05) is 5.70 Å². The molecule has 1 aliphatic rings. The maximum Gasteiger partial charge on any atom is 0.258 e. The van der Waals surface area contributed by atoms with Crippen molar-refractivity contribution >= 4 is 23.2 Å². The van der Waals surface area contributed by atoms with Gasteiger partial charge in [0.15, 0.2) is 5.11 Å². The highest BCUT2D eigenvalue weighted by Crippen LogP contribution is 2.35. The number of thiocarbonyl (C=S) groups is 1. The van der Waals surface area contributed by atoms with Crippen molar-refractivity contribution in [1.82, 2.24) is 16.2 Å². The van der Waals surface area contributed by atoms with Gasteiger partial charge in [-0.15, -0.1) is 0 Å². The van der Waals surface area contributed by atoms with Gasteiger partial charge in [0.1, 0.15) is 5.41 Å². The maximum absolute atomic E-state index is 12.3. The Morgan fingerprint density at radius 1 is 1.32 bits per heavy atom. The number of carbonyl (C=O) groups is 1. The minimum Gasteiger partial charge on any atom is -0.332 e. The Balaban J connectivity index is 2.52. The van der Waals surface area contributed by atoms with E-state index < -0.39 is 5.41 Å². The lowest BCUT2D eigenvalue weighted by atomic mass is 9.75. The van der Waals surface area contributed by atoms with Gasteiger partial charge in [-0.25, -0.2) is 0 Å². The summed E-state index contributed by atoms with van der Waals surface area (Å²) >= 11 is 5.12. The Morgan fingerprint density at radius 2 is 2.00 bits per heavy atom. The third-order valence-electron chi connectivity index (χ3n) is 3.63. The minimum atomic E-state index is -0.937. The van der Waals surface area contributed by atoms with E-state index in [1.807, 2.05) is 13.0 Å². The summed E-state index contributed by atoms with van der Waals surface area (Å²) in [7, 11) is 0. The highest BCUT2D eigenvalue weighted by atomic mass is 32.1. The molecule has 5 nitrogen and oxygen atoms in total. The number of nitrogens with zero attached hydrogens (tertiary/aromatic N) is 1. The van der Waals surface area contributed by atoms with Crippen molar-refractivity contribution in [3.05, 3.63) is 36.6 Å². The Labute approximate surface area is 137 Å². The van der Waals surface area contributed by atoms with E-state index in [0.717, 1.165) is 25.0 Å². The number of carbonyl (C=O) groups excluding carboxylic acids is 1. The molecule has 0 aromatic rings. The molecule has 0 spiro atoms. The molecule has 0 unspecified atom stereocenters. The second-order valence-electron chi connectivity index (χ2n) is 5.13. The van der Waals surface area contributed by atoms with E-state index >= 15 is 0 Å². The van der Waals surface area contributed by atoms with Crippen LogP contribution >= 0.6 is 12.2 Å². The lowest BCUT2D eigenvalue weighted by molar-refractivity contribution is -0.130. The van der Waals surface area contributed by atoms with Gasteiger partial charge < -0.3 is 5.32 Å². The number of hydrazine groups is 1. The first-order valence-electron chi connectivity index (χ1n) is 7.32. The molecule has 1 rings (SSSR count). The fourth-order valence-corrected chi connectivity index (χ4v) is 2.49. The van der Waals surface area contributed by atoms with Gasteiger partial charge in [-0.3, -0.25) is 15.6 Å². The number of amides is 1. The third-order valence-corrected chi connectivity index (χ3v) is 3.83. The SMILES string of the molecule is C=C/C=C\C(=C/C)NC(=S)NNC(=O)C1(C#N)CCCCC1. The summed E-state index contributed by atoms with van der Waals surface area (Å²) in [4.78, 5) is 12.3. The van der Waals surface area contributed by atoms with E-state index in [9.17, 15) is 10.1 Å². The van der Waals surface area contributed by atoms with Crippen molar-refractivity contribution in [3.63, 3.8) is 0 Å². The summed E-state index contributed by atoms with van der Waals surface area (Å²) < 4.78 is 0. The van der Waals surface area contributed by atoms with Gasteiger partial charge >= 0.3 is 0 Å². The molecule has 0 radical (unpaired) electrons. The lowest BCUT2D eigenvalue weighted by Crippen LogP contribution is -2.52. The molecule has 1 saturated carbocycles. The van der Waals surface area contributed by atoms with Crippen LogP contribution in [0.1, 0.15) is 39.0 Å². The van der Waals surface area contributed by atoms with Crippen LogP contribution in [0.5, 0.6) is 0 Å². The Kier molecular flexibility index (Phi) is 7.33. The highest BCUT2D eigenvalue weighted by Gasteiger charge is 2.39. The summed E-state index contributed by atoms with van der Waals surface area (Å²) in [6.07, 6.45) is 11.1. The van der Waals surface area contributed by atoms with Gasteiger partial charge in [0.05, 0.1) is 6.07 Å². The molecule has 1 aliphatic carbocycles. The molecule has 1 amide bonds. The summed E-state index contributed by atoms with van der Waals surface area (Å²) in [5.41, 5.74) is 5.03. The zero-order valence-corrected chi connectivity index (χ0v) is 13.6. The van der Waals surface area contributed by atoms with Gasteiger partial charge in [-0.2, -0.15) is 5.26 Å². The van der Waals surface area contributed by atoms with E-state index in [-0.39, 0.29) is 11.0 Å². The zero-order chi connectivity index (χ0) is 16.4. The van der Waals surface area contributed by atoms with Gasteiger partial charge in [0.25, 0.3) is 5.91 Å². The van der Waals surface area contributed by atoms with Crippen LogP contribution in [0.2, 0.25) is 0 Å². The lowest BCUT2D eigenvalue weighted by Gasteiger charge is -2.29. The molecule has 0 saturated heterocycles. The first-order chi connectivity index (χ1) is 10.6. The summed E-state index contributed by atoms with van der Waals surface area (Å²) in [5.74, 6) is -0.317. The second-order valence-corrected chi connectivity index (χ2v) is 5.53.